The first kappa shape index (κ1) is 10.2. The van der Waals surface area contributed by atoms with E-state index in [-0.39, 0.29) is 11.6 Å². The number of rotatable bonds is 3. The molecule has 0 aliphatic carbocycles. The van der Waals surface area contributed by atoms with Gasteiger partial charge in [-0.05, 0) is 13.3 Å². The van der Waals surface area contributed by atoms with E-state index < -0.39 is 0 Å². The summed E-state index contributed by atoms with van der Waals surface area (Å²) >= 11 is 0. The molecule has 1 N–H and O–H groups in total. The third-order valence-corrected chi connectivity index (χ3v) is 2.52. The lowest BCUT2D eigenvalue weighted by molar-refractivity contribution is 0.195. The molecule has 1 atom stereocenters. The van der Waals surface area contributed by atoms with Crippen LogP contribution in [0.5, 0.6) is 0 Å². The predicted octanol–water partition coefficient (Wildman–Crippen LogP) is 0.464. The van der Waals surface area contributed by atoms with E-state index in [2.05, 4.69) is 10.3 Å². The maximum absolute atomic E-state index is 11.8. The zero-order valence-corrected chi connectivity index (χ0v) is 8.77. The highest BCUT2D eigenvalue weighted by atomic mass is 16.5. The topological polar surface area (TPSA) is 56.1 Å². The van der Waals surface area contributed by atoms with Crippen LogP contribution in [0.3, 0.4) is 0 Å². The molecular weight excluding hydrogens is 194 g/mol. The second kappa shape index (κ2) is 4.44. The molecule has 1 fully saturated rings. The third-order valence-electron chi connectivity index (χ3n) is 2.52. The van der Waals surface area contributed by atoms with Gasteiger partial charge in [0, 0.05) is 25.5 Å². The minimum atomic E-state index is -0.0631. The van der Waals surface area contributed by atoms with Crippen molar-refractivity contribution in [2.75, 3.05) is 18.5 Å². The molecular formula is C10H15N3O2. The lowest BCUT2D eigenvalue weighted by Gasteiger charge is -2.11. The van der Waals surface area contributed by atoms with Crippen LogP contribution in [0.2, 0.25) is 0 Å². The lowest BCUT2D eigenvalue weighted by Crippen LogP contribution is -2.29. The van der Waals surface area contributed by atoms with Crippen LogP contribution in [0.25, 0.3) is 0 Å². The molecule has 2 rings (SSSR count). The molecule has 0 aromatic carbocycles. The van der Waals surface area contributed by atoms with Crippen molar-refractivity contribution in [2.45, 2.75) is 25.9 Å². The predicted molar refractivity (Wildman–Crippen MR) is 57.0 cm³/mol. The van der Waals surface area contributed by atoms with E-state index in [0.717, 1.165) is 13.0 Å². The Morgan fingerprint density at radius 1 is 1.73 bits per heavy atom. The van der Waals surface area contributed by atoms with Crippen LogP contribution < -0.4 is 10.9 Å². The summed E-state index contributed by atoms with van der Waals surface area (Å²) in [7, 11) is 0. The molecule has 5 nitrogen and oxygen atoms in total. The molecule has 1 unspecified atom stereocenters. The first-order chi connectivity index (χ1) is 7.31. The van der Waals surface area contributed by atoms with Gasteiger partial charge in [-0.3, -0.25) is 4.79 Å². The molecule has 0 spiro atoms. The fraction of sp³-hybridized carbons (Fsp3) is 0.600. The summed E-state index contributed by atoms with van der Waals surface area (Å²) in [6, 6.07) is 0.220. The van der Waals surface area contributed by atoms with E-state index >= 15 is 0 Å². The fourth-order valence-corrected chi connectivity index (χ4v) is 1.64. The quantitative estimate of drug-likeness (QED) is 0.786. The monoisotopic (exact) mass is 209 g/mol. The minimum absolute atomic E-state index is 0.0631. The number of hydrogen-bond donors (Lipinski definition) is 1. The largest absolute Gasteiger partial charge is 0.379 e. The van der Waals surface area contributed by atoms with E-state index in [4.69, 9.17) is 4.74 Å². The average Bonchev–Trinajstić information content (AvgIpc) is 2.74. The summed E-state index contributed by atoms with van der Waals surface area (Å²) in [5.74, 6) is 0.426. The smallest absolute Gasteiger partial charge is 0.293 e. The first-order valence-electron chi connectivity index (χ1n) is 5.21. The zero-order chi connectivity index (χ0) is 10.7. The van der Waals surface area contributed by atoms with Crippen LogP contribution in [-0.2, 0) is 11.3 Å². The summed E-state index contributed by atoms with van der Waals surface area (Å²) in [4.78, 5) is 15.8. The maximum Gasteiger partial charge on any atom is 0.293 e. The molecule has 0 radical (unpaired) electrons. The van der Waals surface area contributed by atoms with Gasteiger partial charge in [-0.2, -0.15) is 0 Å². The molecule has 1 aromatic rings. The molecule has 1 aromatic heterocycles. The van der Waals surface area contributed by atoms with Gasteiger partial charge in [-0.15, -0.1) is 0 Å². The van der Waals surface area contributed by atoms with Gasteiger partial charge in [0.05, 0.1) is 12.6 Å². The van der Waals surface area contributed by atoms with Crippen LogP contribution in [-0.4, -0.2) is 28.8 Å². The van der Waals surface area contributed by atoms with Crippen molar-refractivity contribution in [1.29, 1.82) is 0 Å². The molecule has 15 heavy (non-hydrogen) atoms. The summed E-state index contributed by atoms with van der Waals surface area (Å²) in [5.41, 5.74) is -0.0631. The van der Waals surface area contributed by atoms with Crippen LogP contribution in [0.1, 0.15) is 13.3 Å². The Balaban J connectivity index is 2.17. The highest BCUT2D eigenvalue weighted by Crippen LogP contribution is 2.07. The van der Waals surface area contributed by atoms with E-state index in [1.165, 1.54) is 0 Å². The third kappa shape index (κ3) is 2.18. The zero-order valence-electron chi connectivity index (χ0n) is 8.77. The molecule has 5 heteroatoms. The van der Waals surface area contributed by atoms with Crippen molar-refractivity contribution >= 4 is 5.82 Å². The Morgan fingerprint density at radius 2 is 2.60 bits per heavy atom. The van der Waals surface area contributed by atoms with E-state index in [1.807, 2.05) is 6.92 Å². The van der Waals surface area contributed by atoms with Gasteiger partial charge in [0.15, 0.2) is 5.82 Å². The van der Waals surface area contributed by atoms with Crippen LogP contribution in [0, 0.1) is 0 Å². The van der Waals surface area contributed by atoms with Gasteiger partial charge in [-0.1, -0.05) is 0 Å². The van der Waals surface area contributed by atoms with Gasteiger partial charge in [-0.25, -0.2) is 4.98 Å². The highest BCUT2D eigenvalue weighted by molar-refractivity contribution is 5.32. The first-order valence-corrected chi connectivity index (χ1v) is 5.21. The van der Waals surface area contributed by atoms with Gasteiger partial charge in [0.1, 0.15) is 0 Å². The maximum atomic E-state index is 11.8. The Bertz CT molecular complexity index is 382. The van der Waals surface area contributed by atoms with Crippen LogP contribution in [0.15, 0.2) is 17.2 Å². The Hall–Kier alpha value is -1.36. The van der Waals surface area contributed by atoms with Gasteiger partial charge >= 0.3 is 0 Å². The fourth-order valence-electron chi connectivity index (χ4n) is 1.64. The van der Waals surface area contributed by atoms with Crippen molar-refractivity contribution in [2.24, 2.45) is 0 Å². The molecule has 82 valence electrons. The number of aryl methyl sites for hydroxylation is 1. The Morgan fingerprint density at radius 3 is 3.27 bits per heavy atom. The summed E-state index contributed by atoms with van der Waals surface area (Å²) in [5, 5.41) is 3.11. The number of nitrogens with zero attached hydrogens (tertiary/aromatic N) is 2. The molecule has 2 heterocycles. The number of ether oxygens (including phenoxy) is 1. The van der Waals surface area contributed by atoms with Crippen molar-refractivity contribution in [1.82, 2.24) is 9.55 Å². The van der Waals surface area contributed by atoms with Crippen molar-refractivity contribution in [3.8, 4) is 0 Å². The second-order valence-corrected chi connectivity index (χ2v) is 3.57. The highest BCUT2D eigenvalue weighted by Gasteiger charge is 2.17. The number of anilines is 1. The Kier molecular flexibility index (Phi) is 3.01. The standard InChI is InChI=1S/C10H15N3O2/c1-2-13-5-4-11-9(10(13)14)12-8-3-6-15-7-8/h4-5,8H,2-3,6-7H2,1H3,(H,11,12). The molecule has 0 amide bonds. The molecule has 1 aliphatic heterocycles. The molecule has 0 saturated carbocycles. The van der Waals surface area contributed by atoms with Crippen LogP contribution in [0.4, 0.5) is 5.82 Å². The SMILES string of the molecule is CCn1ccnc(NC2CCOC2)c1=O. The summed E-state index contributed by atoms with van der Waals surface area (Å²) < 4.78 is 6.86. The number of nitrogens with one attached hydrogen (secondary N) is 1. The molecule has 1 saturated heterocycles. The Labute approximate surface area is 88.1 Å². The molecule has 0 bridgehead atoms. The number of hydrogen-bond acceptors (Lipinski definition) is 4. The number of aromatic nitrogens is 2. The lowest BCUT2D eigenvalue weighted by atomic mass is 10.2. The average molecular weight is 209 g/mol. The van der Waals surface area contributed by atoms with Gasteiger partial charge in [0.2, 0.25) is 0 Å². The van der Waals surface area contributed by atoms with Crippen molar-refractivity contribution < 1.29 is 4.74 Å². The minimum Gasteiger partial charge on any atom is -0.379 e. The normalized spacial score (nSPS) is 20.5. The molecule has 1 aliphatic rings. The van der Waals surface area contributed by atoms with Gasteiger partial charge in [0.25, 0.3) is 5.56 Å². The van der Waals surface area contributed by atoms with E-state index in [1.54, 1.807) is 17.0 Å². The van der Waals surface area contributed by atoms with E-state index in [9.17, 15) is 4.79 Å². The van der Waals surface area contributed by atoms with E-state index in [0.29, 0.717) is 19.0 Å². The van der Waals surface area contributed by atoms with Crippen molar-refractivity contribution in [3.63, 3.8) is 0 Å². The van der Waals surface area contributed by atoms with Crippen LogP contribution >= 0.6 is 0 Å². The second-order valence-electron chi connectivity index (χ2n) is 3.57. The summed E-state index contributed by atoms with van der Waals surface area (Å²) in [6.45, 7) is 4.01. The summed E-state index contributed by atoms with van der Waals surface area (Å²) in [6.07, 6.45) is 4.27. The van der Waals surface area contributed by atoms with Crippen molar-refractivity contribution in [3.05, 3.63) is 22.7 Å². The van der Waals surface area contributed by atoms with Gasteiger partial charge < -0.3 is 14.6 Å².